The normalized spacial score (nSPS) is 21.6. The van der Waals surface area contributed by atoms with Gasteiger partial charge in [-0.05, 0) is 49.4 Å². The monoisotopic (exact) mass is 274 g/mol. The van der Waals surface area contributed by atoms with Crippen LogP contribution in [0.5, 0.6) is 0 Å². The Hall–Kier alpha value is -1.75. The van der Waals surface area contributed by atoms with Crippen molar-refractivity contribution in [2.45, 2.75) is 37.8 Å². The lowest BCUT2D eigenvalue weighted by atomic mass is 9.76. The average Bonchev–Trinajstić information content (AvgIpc) is 2.89. The minimum absolute atomic E-state index is 0.133. The Labute approximate surface area is 118 Å². The zero-order valence-electron chi connectivity index (χ0n) is 11.4. The average molecular weight is 274 g/mol. The molecule has 1 aliphatic rings. The number of rotatable bonds is 6. The molecule has 0 unspecified atom stereocenters. The van der Waals surface area contributed by atoms with E-state index in [1.54, 1.807) is 18.3 Å². The maximum atomic E-state index is 13.1. The quantitative estimate of drug-likeness (QED) is 0.822. The van der Waals surface area contributed by atoms with Crippen LogP contribution in [0.2, 0.25) is 0 Å². The molecular weight excluding hydrogens is 255 g/mol. The van der Waals surface area contributed by atoms with Gasteiger partial charge in [0.15, 0.2) is 0 Å². The van der Waals surface area contributed by atoms with Crippen molar-refractivity contribution in [2.24, 2.45) is 0 Å². The highest BCUT2D eigenvalue weighted by molar-refractivity contribution is 5.23. The third-order valence-electron chi connectivity index (χ3n) is 3.93. The maximum absolute atomic E-state index is 13.1. The van der Waals surface area contributed by atoms with Gasteiger partial charge >= 0.3 is 0 Å². The number of aryl methyl sites for hydroxylation is 1. The van der Waals surface area contributed by atoms with Crippen molar-refractivity contribution >= 4 is 0 Å². The number of nitrogens with zero attached hydrogens (tertiary/aromatic N) is 3. The van der Waals surface area contributed by atoms with Crippen LogP contribution in [0.3, 0.4) is 0 Å². The zero-order chi connectivity index (χ0) is 13.8. The van der Waals surface area contributed by atoms with Crippen LogP contribution in [0.4, 0.5) is 4.39 Å². The van der Waals surface area contributed by atoms with Gasteiger partial charge in [0.25, 0.3) is 0 Å². The van der Waals surface area contributed by atoms with Gasteiger partial charge in [-0.25, -0.2) is 4.39 Å². The topological polar surface area (TPSA) is 42.7 Å². The van der Waals surface area contributed by atoms with E-state index >= 15 is 0 Å². The van der Waals surface area contributed by atoms with E-state index < -0.39 is 0 Å². The molecule has 1 fully saturated rings. The van der Waals surface area contributed by atoms with E-state index in [0.717, 1.165) is 37.9 Å². The largest absolute Gasteiger partial charge is 0.314 e. The second-order valence-electron chi connectivity index (χ2n) is 5.39. The van der Waals surface area contributed by atoms with E-state index in [1.807, 2.05) is 16.9 Å². The van der Waals surface area contributed by atoms with Crippen molar-refractivity contribution < 1.29 is 4.39 Å². The summed E-state index contributed by atoms with van der Waals surface area (Å²) in [7, 11) is 0. The molecule has 0 aliphatic heterocycles. The Morgan fingerprint density at radius 1 is 1.35 bits per heavy atom. The van der Waals surface area contributed by atoms with Gasteiger partial charge in [0, 0.05) is 18.8 Å². The van der Waals surface area contributed by atoms with Gasteiger partial charge in [-0.1, -0.05) is 17.3 Å². The third kappa shape index (κ3) is 3.22. The number of aromatic nitrogens is 3. The summed E-state index contributed by atoms with van der Waals surface area (Å²) >= 11 is 0. The highest BCUT2D eigenvalue weighted by Gasteiger charge is 2.29. The minimum Gasteiger partial charge on any atom is -0.314 e. The van der Waals surface area contributed by atoms with Crippen LogP contribution in [-0.4, -0.2) is 27.6 Å². The Kier molecular flexibility index (Phi) is 4.06. The molecule has 1 aliphatic carbocycles. The van der Waals surface area contributed by atoms with Gasteiger partial charge in [0.05, 0.1) is 6.20 Å². The summed E-state index contributed by atoms with van der Waals surface area (Å²) < 4.78 is 15.0. The zero-order valence-corrected chi connectivity index (χ0v) is 11.4. The molecular formula is C15H19FN4. The SMILES string of the molecule is Fc1cccc(C2CC(NCCCn3ccnn3)C2)c1. The summed E-state index contributed by atoms with van der Waals surface area (Å²) in [5.74, 6) is 0.380. The summed E-state index contributed by atoms with van der Waals surface area (Å²) in [6.07, 6.45) is 6.83. The third-order valence-corrected chi connectivity index (χ3v) is 3.93. The first kappa shape index (κ1) is 13.2. The Bertz CT molecular complexity index is 535. The van der Waals surface area contributed by atoms with E-state index in [0.29, 0.717) is 12.0 Å². The van der Waals surface area contributed by atoms with Crippen LogP contribution in [0.25, 0.3) is 0 Å². The van der Waals surface area contributed by atoms with Gasteiger partial charge in [-0.15, -0.1) is 5.10 Å². The van der Waals surface area contributed by atoms with Gasteiger partial charge in [0.2, 0.25) is 0 Å². The number of hydrogen-bond donors (Lipinski definition) is 1. The first-order valence-corrected chi connectivity index (χ1v) is 7.14. The van der Waals surface area contributed by atoms with Gasteiger partial charge in [-0.2, -0.15) is 0 Å². The molecule has 3 rings (SSSR count). The van der Waals surface area contributed by atoms with Gasteiger partial charge in [0.1, 0.15) is 5.82 Å². The highest BCUT2D eigenvalue weighted by Crippen LogP contribution is 2.36. The van der Waals surface area contributed by atoms with E-state index in [2.05, 4.69) is 15.6 Å². The fourth-order valence-electron chi connectivity index (χ4n) is 2.72. The smallest absolute Gasteiger partial charge is 0.123 e. The maximum Gasteiger partial charge on any atom is 0.123 e. The molecule has 0 bridgehead atoms. The molecule has 106 valence electrons. The molecule has 4 nitrogen and oxygen atoms in total. The first-order valence-electron chi connectivity index (χ1n) is 7.14. The van der Waals surface area contributed by atoms with Crippen molar-refractivity contribution in [3.8, 4) is 0 Å². The summed E-state index contributed by atoms with van der Waals surface area (Å²) in [6.45, 7) is 1.88. The number of hydrogen-bond acceptors (Lipinski definition) is 3. The molecule has 0 radical (unpaired) electrons. The summed E-state index contributed by atoms with van der Waals surface area (Å²) in [4.78, 5) is 0. The standard InChI is InChI=1S/C15H19FN4/c16-14-4-1-3-12(9-14)13-10-15(11-13)17-5-2-7-20-8-6-18-19-20/h1,3-4,6,8-9,13,15,17H,2,5,7,10-11H2. The Morgan fingerprint density at radius 2 is 2.25 bits per heavy atom. The van der Waals surface area contributed by atoms with Gasteiger partial charge < -0.3 is 5.32 Å². The van der Waals surface area contributed by atoms with Crippen molar-refractivity contribution in [2.75, 3.05) is 6.54 Å². The number of halogens is 1. The fourth-order valence-corrected chi connectivity index (χ4v) is 2.72. The number of nitrogens with one attached hydrogen (secondary N) is 1. The molecule has 2 aromatic rings. The molecule has 5 heteroatoms. The van der Waals surface area contributed by atoms with Crippen LogP contribution < -0.4 is 5.32 Å². The van der Waals surface area contributed by atoms with Crippen LogP contribution in [-0.2, 0) is 6.54 Å². The second kappa shape index (κ2) is 6.13. The number of benzene rings is 1. The van der Waals surface area contributed by atoms with Gasteiger partial charge in [-0.3, -0.25) is 4.68 Å². The van der Waals surface area contributed by atoms with Crippen LogP contribution >= 0.6 is 0 Å². The molecule has 0 amide bonds. The molecule has 1 aromatic carbocycles. The van der Waals surface area contributed by atoms with Crippen molar-refractivity contribution in [3.05, 3.63) is 48.0 Å². The Morgan fingerprint density at radius 3 is 3.00 bits per heavy atom. The highest BCUT2D eigenvalue weighted by atomic mass is 19.1. The molecule has 1 saturated carbocycles. The Balaban J connectivity index is 1.34. The molecule has 1 heterocycles. The van der Waals surface area contributed by atoms with Crippen LogP contribution in [0.1, 0.15) is 30.7 Å². The van der Waals surface area contributed by atoms with Crippen molar-refractivity contribution in [3.63, 3.8) is 0 Å². The summed E-state index contributed by atoms with van der Waals surface area (Å²) in [6, 6.07) is 7.55. The van der Waals surface area contributed by atoms with Crippen molar-refractivity contribution in [1.82, 2.24) is 20.3 Å². The molecule has 1 aromatic heterocycles. The second-order valence-corrected chi connectivity index (χ2v) is 5.39. The lowest BCUT2D eigenvalue weighted by molar-refractivity contribution is 0.287. The van der Waals surface area contributed by atoms with E-state index in [1.165, 1.54) is 6.07 Å². The molecule has 20 heavy (non-hydrogen) atoms. The predicted molar refractivity (Wildman–Crippen MR) is 74.8 cm³/mol. The molecule has 0 spiro atoms. The van der Waals surface area contributed by atoms with E-state index in [-0.39, 0.29) is 5.82 Å². The summed E-state index contributed by atoms with van der Waals surface area (Å²) in [5, 5.41) is 11.2. The van der Waals surface area contributed by atoms with E-state index in [4.69, 9.17) is 0 Å². The predicted octanol–water partition coefficient (Wildman–Crippen LogP) is 2.34. The molecule has 0 atom stereocenters. The first-order chi connectivity index (χ1) is 9.81. The minimum atomic E-state index is -0.133. The van der Waals surface area contributed by atoms with Crippen LogP contribution in [0.15, 0.2) is 36.7 Å². The fraction of sp³-hybridized carbons (Fsp3) is 0.467. The van der Waals surface area contributed by atoms with Crippen molar-refractivity contribution in [1.29, 1.82) is 0 Å². The lowest BCUT2D eigenvalue weighted by Gasteiger charge is -2.36. The van der Waals surface area contributed by atoms with Crippen LogP contribution in [0, 0.1) is 5.82 Å². The molecule has 0 saturated heterocycles. The summed E-state index contributed by atoms with van der Waals surface area (Å²) in [5.41, 5.74) is 1.13. The molecule has 1 N–H and O–H groups in total. The lowest BCUT2D eigenvalue weighted by Crippen LogP contribution is -2.40. The van der Waals surface area contributed by atoms with E-state index in [9.17, 15) is 4.39 Å².